The molecule has 144 valence electrons. The van der Waals surface area contributed by atoms with Crippen molar-refractivity contribution >= 4 is 24.5 Å². The lowest BCUT2D eigenvalue weighted by atomic mass is 10.1. The summed E-state index contributed by atoms with van der Waals surface area (Å²) in [6.07, 6.45) is 1.38. The van der Waals surface area contributed by atoms with Crippen LogP contribution >= 0.6 is 0 Å². The minimum absolute atomic E-state index is 0.294. The smallest absolute Gasteiger partial charge is 0.343 e. The maximum absolute atomic E-state index is 12.2. The first kappa shape index (κ1) is 19.7. The molecule has 0 aromatic heterocycles. The average molecular weight is 388 g/mol. The second-order valence-corrected chi connectivity index (χ2v) is 6.19. The van der Waals surface area contributed by atoms with E-state index in [2.05, 4.69) is 0 Å². The van der Waals surface area contributed by atoms with E-state index in [1.807, 2.05) is 0 Å². The first-order chi connectivity index (χ1) is 14.0. The minimum Gasteiger partial charge on any atom is -0.423 e. The van der Waals surface area contributed by atoms with E-state index in [1.54, 1.807) is 13.0 Å². The lowest BCUT2D eigenvalue weighted by molar-refractivity contribution is 0.0718. The van der Waals surface area contributed by atoms with Gasteiger partial charge in [-0.3, -0.25) is 9.59 Å². The van der Waals surface area contributed by atoms with Crippen molar-refractivity contribution in [3.8, 4) is 11.5 Å². The molecule has 0 radical (unpaired) electrons. The second-order valence-electron chi connectivity index (χ2n) is 6.19. The third-order valence-corrected chi connectivity index (χ3v) is 4.12. The first-order valence-corrected chi connectivity index (χ1v) is 8.65. The number of hydrogen-bond acceptors (Lipinski definition) is 6. The van der Waals surface area contributed by atoms with E-state index in [0.29, 0.717) is 51.9 Å². The van der Waals surface area contributed by atoms with Crippen molar-refractivity contribution in [1.29, 1.82) is 0 Å². The van der Waals surface area contributed by atoms with Gasteiger partial charge < -0.3 is 9.47 Å². The minimum atomic E-state index is -0.568. The van der Waals surface area contributed by atoms with Gasteiger partial charge in [0.05, 0.1) is 11.1 Å². The van der Waals surface area contributed by atoms with Crippen LogP contribution in [0.2, 0.25) is 0 Å². The Hall–Kier alpha value is -4.06. The van der Waals surface area contributed by atoms with E-state index >= 15 is 0 Å². The molecule has 0 saturated carbocycles. The van der Waals surface area contributed by atoms with E-state index in [9.17, 15) is 19.2 Å². The maximum Gasteiger partial charge on any atom is 0.343 e. The largest absolute Gasteiger partial charge is 0.423 e. The highest BCUT2D eigenvalue weighted by atomic mass is 16.5. The Morgan fingerprint density at radius 3 is 1.62 bits per heavy atom. The first-order valence-electron chi connectivity index (χ1n) is 8.65. The molecule has 3 aromatic rings. The van der Waals surface area contributed by atoms with Crippen LogP contribution in [0.15, 0.2) is 66.7 Å². The van der Waals surface area contributed by atoms with Gasteiger partial charge in [0.25, 0.3) is 0 Å². The Balaban J connectivity index is 1.68. The summed E-state index contributed by atoms with van der Waals surface area (Å²) in [5.74, 6) is -0.515. The zero-order valence-electron chi connectivity index (χ0n) is 15.5. The fourth-order valence-electron chi connectivity index (χ4n) is 2.52. The average Bonchev–Trinajstić information content (AvgIpc) is 2.75. The molecule has 29 heavy (non-hydrogen) atoms. The number of benzene rings is 3. The van der Waals surface area contributed by atoms with Gasteiger partial charge in [0.2, 0.25) is 0 Å². The van der Waals surface area contributed by atoms with Crippen molar-refractivity contribution in [2.75, 3.05) is 0 Å². The summed E-state index contributed by atoms with van der Waals surface area (Å²) < 4.78 is 10.7. The van der Waals surface area contributed by atoms with Crippen molar-refractivity contribution < 1.29 is 28.7 Å². The van der Waals surface area contributed by atoms with Crippen molar-refractivity contribution in [3.05, 3.63) is 94.5 Å². The van der Waals surface area contributed by atoms with Crippen LogP contribution in [0, 0.1) is 6.92 Å². The highest BCUT2D eigenvalue weighted by Crippen LogP contribution is 2.25. The van der Waals surface area contributed by atoms with E-state index in [0.717, 1.165) is 0 Å². The van der Waals surface area contributed by atoms with Gasteiger partial charge in [0.15, 0.2) is 0 Å². The molecular weight excluding hydrogens is 372 g/mol. The van der Waals surface area contributed by atoms with Gasteiger partial charge >= 0.3 is 11.9 Å². The van der Waals surface area contributed by atoms with E-state index in [4.69, 9.17) is 9.47 Å². The third kappa shape index (κ3) is 4.81. The molecule has 0 aliphatic rings. The monoisotopic (exact) mass is 388 g/mol. The fraction of sp³-hybridized carbons (Fsp3) is 0.0435. The molecule has 0 aliphatic carbocycles. The van der Waals surface area contributed by atoms with E-state index in [-0.39, 0.29) is 0 Å². The van der Waals surface area contributed by atoms with Gasteiger partial charge in [-0.05, 0) is 55.0 Å². The van der Waals surface area contributed by atoms with Gasteiger partial charge in [-0.1, -0.05) is 24.3 Å². The van der Waals surface area contributed by atoms with Gasteiger partial charge in [0.1, 0.15) is 24.1 Å². The number of aldehydes is 2. The normalized spacial score (nSPS) is 10.1. The van der Waals surface area contributed by atoms with Crippen LogP contribution in [0.5, 0.6) is 11.5 Å². The van der Waals surface area contributed by atoms with Crippen LogP contribution in [0.1, 0.15) is 47.0 Å². The number of carbonyl (C=O) groups is 4. The molecular formula is C23H16O6. The highest BCUT2D eigenvalue weighted by Gasteiger charge is 2.13. The number of esters is 2. The lowest BCUT2D eigenvalue weighted by Gasteiger charge is -2.10. The van der Waals surface area contributed by atoms with Crippen LogP contribution in [-0.4, -0.2) is 24.5 Å². The predicted octanol–water partition coefficient (Wildman–Crippen LogP) is 4.06. The molecule has 6 heteroatoms. The summed E-state index contributed by atoms with van der Waals surface area (Å²) in [5, 5.41) is 0. The molecule has 0 spiro atoms. The summed E-state index contributed by atoms with van der Waals surface area (Å²) in [7, 11) is 0. The van der Waals surface area contributed by atoms with Gasteiger partial charge in [-0.2, -0.15) is 0 Å². The van der Waals surface area contributed by atoms with Crippen LogP contribution in [0.4, 0.5) is 0 Å². The number of rotatable bonds is 6. The molecule has 3 aromatic carbocycles. The summed E-state index contributed by atoms with van der Waals surface area (Å²) >= 11 is 0. The molecule has 0 N–H and O–H groups in total. The molecule has 6 nitrogen and oxygen atoms in total. The molecule has 0 saturated heterocycles. The second kappa shape index (κ2) is 8.75. The number of hydrogen-bond donors (Lipinski definition) is 0. The standard InChI is InChI=1S/C23H16O6/c1-15-12-20(28-22(26)18-6-2-16(13-24)3-7-18)10-11-21(15)29-23(27)19-8-4-17(14-25)5-9-19/h2-14H,1H3. The van der Waals surface area contributed by atoms with E-state index < -0.39 is 11.9 Å². The van der Waals surface area contributed by atoms with Crippen molar-refractivity contribution in [3.63, 3.8) is 0 Å². The van der Waals surface area contributed by atoms with Crippen molar-refractivity contribution in [2.24, 2.45) is 0 Å². The summed E-state index contributed by atoms with van der Waals surface area (Å²) in [5.41, 5.74) is 2.14. The number of carbonyl (C=O) groups excluding carboxylic acids is 4. The number of aryl methyl sites for hydroxylation is 1. The van der Waals surface area contributed by atoms with Crippen LogP contribution < -0.4 is 9.47 Å². The zero-order chi connectivity index (χ0) is 20.8. The van der Waals surface area contributed by atoms with Crippen molar-refractivity contribution in [1.82, 2.24) is 0 Å². The Bertz CT molecular complexity index is 1070. The number of ether oxygens (including phenoxy) is 2. The molecule has 0 amide bonds. The van der Waals surface area contributed by atoms with Gasteiger partial charge in [0, 0.05) is 11.1 Å². The molecule has 3 rings (SSSR count). The topological polar surface area (TPSA) is 86.7 Å². The zero-order valence-corrected chi connectivity index (χ0v) is 15.5. The third-order valence-electron chi connectivity index (χ3n) is 4.12. The maximum atomic E-state index is 12.2. The Kier molecular flexibility index (Phi) is 5.94. The molecule has 0 heterocycles. The summed E-state index contributed by atoms with van der Waals surface area (Å²) in [4.78, 5) is 45.8. The molecule has 0 aliphatic heterocycles. The van der Waals surface area contributed by atoms with Crippen LogP contribution in [0.3, 0.4) is 0 Å². The lowest BCUT2D eigenvalue weighted by Crippen LogP contribution is -2.10. The molecule has 0 bridgehead atoms. The van der Waals surface area contributed by atoms with Crippen molar-refractivity contribution in [2.45, 2.75) is 6.92 Å². The summed E-state index contributed by atoms with van der Waals surface area (Å²) in [6, 6.07) is 16.8. The Morgan fingerprint density at radius 1 is 0.690 bits per heavy atom. The summed E-state index contributed by atoms with van der Waals surface area (Å²) in [6.45, 7) is 1.72. The highest BCUT2D eigenvalue weighted by molar-refractivity contribution is 5.93. The molecule has 0 atom stereocenters. The van der Waals surface area contributed by atoms with Gasteiger partial charge in [-0.25, -0.2) is 9.59 Å². The predicted molar refractivity (Wildman–Crippen MR) is 105 cm³/mol. The molecule has 0 unspecified atom stereocenters. The Labute approximate surface area is 166 Å². The quantitative estimate of drug-likeness (QED) is 0.360. The fourth-order valence-corrected chi connectivity index (χ4v) is 2.52. The van der Waals surface area contributed by atoms with Crippen LogP contribution in [-0.2, 0) is 0 Å². The van der Waals surface area contributed by atoms with E-state index in [1.165, 1.54) is 60.7 Å². The molecule has 0 fully saturated rings. The van der Waals surface area contributed by atoms with Gasteiger partial charge in [-0.15, -0.1) is 0 Å². The Morgan fingerprint density at radius 2 is 1.17 bits per heavy atom. The SMILES string of the molecule is Cc1cc(OC(=O)c2ccc(C=O)cc2)ccc1OC(=O)c1ccc(C=O)cc1. The van der Waals surface area contributed by atoms with Crippen LogP contribution in [0.25, 0.3) is 0 Å².